The quantitative estimate of drug-likeness (QED) is 0.0457. The minimum absolute atomic E-state index is 0.0163. The van der Waals surface area contributed by atoms with Crippen molar-refractivity contribution in [2.24, 2.45) is 0 Å². The van der Waals surface area contributed by atoms with E-state index in [1.54, 1.807) is 0 Å². The molecular weight excluding hydrogens is 1050 g/mol. The van der Waals surface area contributed by atoms with Gasteiger partial charge in [0.25, 0.3) is 0 Å². The van der Waals surface area contributed by atoms with Crippen LogP contribution in [-0.4, -0.2) is 47.8 Å². The molecule has 0 spiro atoms. The minimum Gasteiger partial charge on any atom is -0.488 e. The van der Waals surface area contributed by atoms with Crippen LogP contribution in [0, 0.1) is 6.92 Å². The summed E-state index contributed by atoms with van der Waals surface area (Å²) in [5.41, 5.74) is 10.8. The molecule has 0 bridgehead atoms. The number of ether oxygens (including phenoxy) is 6. The molecule has 0 aromatic heterocycles. The van der Waals surface area contributed by atoms with Gasteiger partial charge in [0.15, 0.2) is 0 Å². The van der Waals surface area contributed by atoms with E-state index in [0.29, 0.717) is 23.4 Å². The second-order valence-electron chi connectivity index (χ2n) is 21.7. The van der Waals surface area contributed by atoms with Crippen LogP contribution in [0.15, 0.2) is 279 Å². The summed E-state index contributed by atoms with van der Waals surface area (Å²) >= 11 is 0. The zero-order valence-electron chi connectivity index (χ0n) is 47.9. The van der Waals surface area contributed by atoms with E-state index in [1.165, 1.54) is 0 Å². The molecule has 11 rings (SSSR count). The van der Waals surface area contributed by atoms with Crippen LogP contribution in [0.4, 0.5) is 0 Å². The van der Waals surface area contributed by atoms with Gasteiger partial charge in [0.1, 0.15) is 42.9 Å². The molecule has 1 fully saturated rings. The highest BCUT2D eigenvalue weighted by molar-refractivity contribution is 5.51. The van der Waals surface area contributed by atoms with Gasteiger partial charge in [-0.25, -0.2) is 0 Å². The molecule has 1 aliphatic heterocycles. The Morgan fingerprint density at radius 1 is 0.471 bits per heavy atom. The van der Waals surface area contributed by atoms with Gasteiger partial charge in [-0.2, -0.15) is 0 Å². The predicted octanol–water partition coefficient (Wildman–Crippen LogP) is 14.3. The number of aliphatic hydroxyl groups is 2. The third-order valence-corrected chi connectivity index (χ3v) is 15.9. The number of benzene rings is 10. The molecule has 0 amide bonds. The molecule has 1 heterocycles. The third kappa shape index (κ3) is 14.3. The zero-order valence-corrected chi connectivity index (χ0v) is 47.9. The molecule has 0 saturated carbocycles. The fraction of sp³-hybridized carbons (Fsp3) is 0.211. The molecule has 0 radical (unpaired) electrons. The maximum atomic E-state index is 14.2. The van der Waals surface area contributed by atoms with Crippen molar-refractivity contribution in [2.75, 3.05) is 13.2 Å². The minimum atomic E-state index is -2.30. The van der Waals surface area contributed by atoms with Crippen molar-refractivity contribution >= 4 is 0 Å². The van der Waals surface area contributed by atoms with E-state index in [9.17, 15) is 10.2 Å². The van der Waals surface area contributed by atoms with Crippen molar-refractivity contribution in [3.8, 4) is 5.75 Å². The van der Waals surface area contributed by atoms with E-state index in [4.69, 9.17) is 28.4 Å². The molecule has 9 nitrogen and oxygen atoms in total. The van der Waals surface area contributed by atoms with E-state index < -0.39 is 41.8 Å². The number of rotatable bonds is 26. The van der Waals surface area contributed by atoms with Crippen LogP contribution in [0.2, 0.25) is 0 Å². The average molecular weight is 1130 g/mol. The van der Waals surface area contributed by atoms with Gasteiger partial charge in [-0.05, 0) is 92.2 Å². The van der Waals surface area contributed by atoms with Crippen LogP contribution < -0.4 is 10.1 Å². The second-order valence-corrected chi connectivity index (χ2v) is 21.7. The number of aryl methyl sites for hydroxylation is 1. The first-order chi connectivity index (χ1) is 41.8. The molecule has 85 heavy (non-hydrogen) atoms. The molecule has 430 valence electrons. The summed E-state index contributed by atoms with van der Waals surface area (Å²) in [6, 6.07) is 93.2. The van der Waals surface area contributed by atoms with Gasteiger partial charge in [-0.15, -0.1) is 0 Å². The molecule has 10 aromatic rings. The Hall–Kier alpha value is -8.32. The van der Waals surface area contributed by atoms with E-state index in [2.05, 4.69) is 108 Å². The van der Waals surface area contributed by atoms with Crippen molar-refractivity contribution in [3.05, 3.63) is 351 Å². The Labute approximate surface area is 500 Å². The van der Waals surface area contributed by atoms with Crippen molar-refractivity contribution in [1.82, 2.24) is 5.32 Å². The lowest BCUT2D eigenvalue weighted by atomic mass is 9.77. The lowest BCUT2D eigenvalue weighted by molar-refractivity contribution is -0.379. The van der Waals surface area contributed by atoms with Gasteiger partial charge in [-0.3, -0.25) is 5.32 Å². The van der Waals surface area contributed by atoms with Crippen molar-refractivity contribution in [2.45, 2.75) is 88.2 Å². The molecule has 1 saturated heterocycles. The van der Waals surface area contributed by atoms with Gasteiger partial charge < -0.3 is 38.6 Å². The number of nitrogens with one attached hydrogen (secondary N) is 1. The standard InChI is InChI=1S/C76H73NO8/c1-56-48-69(81-51-59-28-12-3-13-29-59)68(49-67(56)71(78)63-44-42-57(43-45-63)46-47-77-75(64-36-20-7-21-37-64,65-38-22-8-23-39-65)66-40-24-9-25-41-66)76(79)74(84-54-62-34-18-6-19-35-62)73(83-53-61-32-16-5-17-33-61)72(82-52-60-30-14-4-15-31-60)70(85-76)55-80-50-58-26-10-2-11-27-58/h2-45,48-49,70-74,77-79H,46-47,50-55H2,1H3/t70-,71?,72-,73+,74-,76+/m1/s1. The number of hydrogen-bond acceptors (Lipinski definition) is 9. The summed E-state index contributed by atoms with van der Waals surface area (Å²) in [4.78, 5) is 0. The molecule has 1 unspecified atom stereocenters. The van der Waals surface area contributed by atoms with Crippen LogP contribution in [0.1, 0.15) is 78.4 Å². The smallest absolute Gasteiger partial charge is 0.226 e. The highest BCUT2D eigenvalue weighted by atomic mass is 16.7. The first-order valence-electron chi connectivity index (χ1n) is 29.3. The first-order valence-corrected chi connectivity index (χ1v) is 29.3. The fourth-order valence-corrected chi connectivity index (χ4v) is 11.5. The van der Waals surface area contributed by atoms with Gasteiger partial charge in [0.05, 0.1) is 44.1 Å². The lowest BCUT2D eigenvalue weighted by Crippen LogP contribution is -2.65. The Morgan fingerprint density at radius 2 is 0.882 bits per heavy atom. The molecule has 10 aromatic carbocycles. The van der Waals surface area contributed by atoms with Gasteiger partial charge in [-0.1, -0.05) is 267 Å². The predicted molar refractivity (Wildman–Crippen MR) is 333 cm³/mol. The lowest BCUT2D eigenvalue weighted by Gasteiger charge is -2.50. The van der Waals surface area contributed by atoms with Crippen LogP contribution in [0.5, 0.6) is 5.75 Å². The molecule has 1 aliphatic rings. The van der Waals surface area contributed by atoms with E-state index in [0.717, 1.165) is 62.1 Å². The van der Waals surface area contributed by atoms with E-state index >= 15 is 0 Å². The molecule has 0 aliphatic carbocycles. The Morgan fingerprint density at radius 3 is 1.35 bits per heavy atom. The summed E-state index contributed by atoms with van der Waals surface area (Å²) in [6.45, 7) is 3.57. The number of hydrogen-bond donors (Lipinski definition) is 3. The highest BCUT2D eigenvalue weighted by Gasteiger charge is 2.58. The summed E-state index contributed by atoms with van der Waals surface area (Å²) < 4.78 is 41.8. The van der Waals surface area contributed by atoms with Crippen molar-refractivity contribution < 1.29 is 38.6 Å². The van der Waals surface area contributed by atoms with E-state index in [1.807, 2.05) is 183 Å². The van der Waals surface area contributed by atoms with Crippen LogP contribution >= 0.6 is 0 Å². The summed E-state index contributed by atoms with van der Waals surface area (Å²) in [7, 11) is 0. The van der Waals surface area contributed by atoms with Crippen molar-refractivity contribution in [1.29, 1.82) is 0 Å². The fourth-order valence-electron chi connectivity index (χ4n) is 11.5. The van der Waals surface area contributed by atoms with Crippen LogP contribution in [-0.2, 0) is 74.5 Å². The van der Waals surface area contributed by atoms with Gasteiger partial charge >= 0.3 is 0 Å². The van der Waals surface area contributed by atoms with Crippen LogP contribution in [0.25, 0.3) is 0 Å². The maximum Gasteiger partial charge on any atom is 0.226 e. The van der Waals surface area contributed by atoms with Crippen LogP contribution in [0.3, 0.4) is 0 Å². The molecule has 6 atom stereocenters. The molecule has 9 heteroatoms. The normalized spacial score (nSPS) is 18.2. The Kier molecular flexibility index (Phi) is 19.6. The summed E-state index contributed by atoms with van der Waals surface area (Å²) in [5, 5.41) is 30.9. The Bertz CT molecular complexity index is 3490. The van der Waals surface area contributed by atoms with E-state index in [-0.39, 0.29) is 45.2 Å². The Balaban J connectivity index is 0.962. The molecular formula is C76H73NO8. The molecule has 3 N–H and O–H groups in total. The second kappa shape index (κ2) is 28.5. The third-order valence-electron chi connectivity index (χ3n) is 15.9. The number of aliphatic hydroxyl groups excluding tert-OH is 1. The average Bonchev–Trinajstić information content (AvgIpc) is 1.92. The van der Waals surface area contributed by atoms with Crippen molar-refractivity contribution in [3.63, 3.8) is 0 Å². The zero-order chi connectivity index (χ0) is 58.1. The topological polar surface area (TPSA) is 108 Å². The van der Waals surface area contributed by atoms with Gasteiger partial charge in [0, 0.05) is 6.54 Å². The largest absolute Gasteiger partial charge is 0.488 e. The summed E-state index contributed by atoms with van der Waals surface area (Å²) in [5.74, 6) is -1.95. The van der Waals surface area contributed by atoms with Gasteiger partial charge in [0.2, 0.25) is 5.79 Å². The maximum absolute atomic E-state index is 14.2. The first kappa shape index (κ1) is 58.5. The monoisotopic (exact) mass is 1130 g/mol. The SMILES string of the molecule is Cc1cc(OCc2ccccc2)c([C@]2(O)O[C@H](COCc3ccccc3)[C@@H](OCc3ccccc3)[C@H](OCc3ccccc3)[C@H]2OCc2ccccc2)cc1C(O)c1ccc(CCNC(c2ccccc2)(c2ccccc2)c2ccccc2)cc1. The summed E-state index contributed by atoms with van der Waals surface area (Å²) in [6.07, 6.45) is -4.36. The highest BCUT2D eigenvalue weighted by Crippen LogP contribution is 2.47.